The third-order valence-corrected chi connectivity index (χ3v) is 20.4. The van der Waals surface area contributed by atoms with Crippen molar-refractivity contribution in [1.29, 1.82) is 0 Å². The molecule has 0 bridgehead atoms. The van der Waals surface area contributed by atoms with Gasteiger partial charge in [-0.25, -0.2) is 0 Å². The molecular weight excluding hydrogens is 1060 g/mol. The molecular formula is C71H78O11Si. The Morgan fingerprint density at radius 2 is 0.578 bits per heavy atom. The highest BCUT2D eigenvalue weighted by atomic mass is 28.4. The number of ether oxygens (including phenoxy) is 10. The van der Waals surface area contributed by atoms with Gasteiger partial charge in [-0.1, -0.05) is 263 Å². The molecule has 10 atom stereocenters. The average molecular weight is 1140 g/mol. The van der Waals surface area contributed by atoms with Crippen LogP contribution in [0.25, 0.3) is 0 Å². The van der Waals surface area contributed by atoms with E-state index in [0.717, 1.165) is 43.8 Å². The molecule has 12 heteroatoms. The Balaban J connectivity index is 1.04. The van der Waals surface area contributed by atoms with E-state index in [4.69, 9.17) is 51.8 Å². The molecule has 2 aliphatic heterocycles. The molecule has 0 unspecified atom stereocenters. The lowest BCUT2D eigenvalue weighted by molar-refractivity contribution is -0.350. The van der Waals surface area contributed by atoms with Crippen molar-refractivity contribution < 1.29 is 51.8 Å². The third-order valence-electron chi connectivity index (χ3n) is 15.4. The number of hydrogen-bond donors (Lipinski definition) is 0. The largest absolute Gasteiger partial charge is 0.405 e. The molecule has 2 heterocycles. The normalized spacial score (nSPS) is 22.9. The van der Waals surface area contributed by atoms with Gasteiger partial charge in [0.05, 0.1) is 52.9 Å². The van der Waals surface area contributed by atoms with Gasteiger partial charge in [0.25, 0.3) is 8.32 Å². The predicted octanol–water partition coefficient (Wildman–Crippen LogP) is 12.2. The molecule has 83 heavy (non-hydrogen) atoms. The van der Waals surface area contributed by atoms with Crippen LogP contribution in [0.1, 0.15) is 54.2 Å². The maximum absolute atomic E-state index is 7.76. The lowest BCUT2D eigenvalue weighted by atomic mass is 9.97. The second-order valence-corrected chi connectivity index (χ2v) is 26.5. The number of rotatable bonds is 27. The van der Waals surface area contributed by atoms with Crippen molar-refractivity contribution in [3.8, 4) is 0 Å². The van der Waals surface area contributed by atoms with E-state index in [9.17, 15) is 0 Å². The third kappa shape index (κ3) is 15.7. The summed E-state index contributed by atoms with van der Waals surface area (Å²) >= 11 is 0. The summed E-state index contributed by atoms with van der Waals surface area (Å²) in [6.07, 6.45) is -7.93. The molecule has 2 aliphatic rings. The Labute approximate surface area is 491 Å². The smallest absolute Gasteiger partial charge is 0.261 e. The number of benzene rings is 8. The summed E-state index contributed by atoms with van der Waals surface area (Å²) < 4.78 is 78.2. The maximum Gasteiger partial charge on any atom is 0.261 e. The lowest BCUT2D eigenvalue weighted by Crippen LogP contribution is -2.68. The van der Waals surface area contributed by atoms with Gasteiger partial charge in [0.1, 0.15) is 48.8 Å². The molecule has 432 valence electrons. The van der Waals surface area contributed by atoms with E-state index in [2.05, 4.69) is 106 Å². The van der Waals surface area contributed by atoms with Crippen LogP contribution in [0.2, 0.25) is 5.04 Å². The van der Waals surface area contributed by atoms with Gasteiger partial charge in [0.2, 0.25) is 0 Å². The van der Waals surface area contributed by atoms with Crippen molar-refractivity contribution in [2.24, 2.45) is 0 Å². The first kappa shape index (κ1) is 59.7. The molecule has 8 aromatic carbocycles. The fourth-order valence-corrected chi connectivity index (χ4v) is 15.8. The maximum atomic E-state index is 7.76. The lowest BCUT2D eigenvalue weighted by Gasteiger charge is -2.49. The van der Waals surface area contributed by atoms with Gasteiger partial charge in [0.15, 0.2) is 12.6 Å². The Bertz CT molecular complexity index is 3030. The van der Waals surface area contributed by atoms with E-state index in [1.165, 1.54) is 0 Å². The van der Waals surface area contributed by atoms with Crippen LogP contribution < -0.4 is 10.4 Å². The molecule has 0 radical (unpaired) electrons. The average Bonchev–Trinajstić information content (AvgIpc) is 3.72. The molecule has 11 nitrogen and oxygen atoms in total. The summed E-state index contributed by atoms with van der Waals surface area (Å²) in [5, 5.41) is 1.95. The zero-order valence-electron chi connectivity index (χ0n) is 48.0. The highest BCUT2D eigenvalue weighted by Crippen LogP contribution is 2.39. The highest BCUT2D eigenvalue weighted by molar-refractivity contribution is 6.99. The van der Waals surface area contributed by atoms with Crippen molar-refractivity contribution in [3.63, 3.8) is 0 Å². The first-order valence-corrected chi connectivity index (χ1v) is 30.8. The van der Waals surface area contributed by atoms with Crippen molar-refractivity contribution in [2.45, 2.75) is 127 Å². The van der Waals surface area contributed by atoms with Crippen molar-refractivity contribution in [2.75, 3.05) is 20.3 Å². The molecule has 8 aromatic rings. The quantitative estimate of drug-likeness (QED) is 0.0460. The van der Waals surface area contributed by atoms with Crippen LogP contribution in [0, 0.1) is 0 Å². The Morgan fingerprint density at radius 3 is 0.892 bits per heavy atom. The number of hydrogen-bond acceptors (Lipinski definition) is 11. The van der Waals surface area contributed by atoms with Crippen LogP contribution in [0.3, 0.4) is 0 Å². The van der Waals surface area contributed by atoms with Gasteiger partial charge in [0, 0.05) is 7.11 Å². The second-order valence-electron chi connectivity index (χ2n) is 22.2. The first-order chi connectivity index (χ1) is 40.8. The number of methoxy groups -OCH3 is 1. The Hall–Kier alpha value is -6.46. The molecule has 2 fully saturated rings. The van der Waals surface area contributed by atoms with Gasteiger partial charge in [-0.2, -0.15) is 0 Å². The van der Waals surface area contributed by atoms with E-state index in [1.54, 1.807) is 7.11 Å². The summed E-state index contributed by atoms with van der Waals surface area (Å²) in [7, 11) is -1.52. The topological polar surface area (TPSA) is 102 Å². The highest BCUT2D eigenvalue weighted by Gasteiger charge is 2.55. The molecule has 0 saturated carbocycles. The molecule has 10 rings (SSSR count). The van der Waals surface area contributed by atoms with Gasteiger partial charge in [-0.05, 0) is 48.8 Å². The van der Waals surface area contributed by atoms with Crippen LogP contribution in [0.15, 0.2) is 243 Å². The minimum atomic E-state index is -3.14. The first-order valence-electron chi connectivity index (χ1n) is 28.9. The van der Waals surface area contributed by atoms with Crippen molar-refractivity contribution in [3.05, 3.63) is 276 Å². The van der Waals surface area contributed by atoms with E-state index >= 15 is 0 Å². The fraction of sp³-hybridized carbons (Fsp3) is 0.324. The van der Waals surface area contributed by atoms with Crippen molar-refractivity contribution >= 4 is 18.7 Å². The second kappa shape index (κ2) is 29.9. The van der Waals surface area contributed by atoms with E-state index < -0.39 is 69.7 Å². The zero-order chi connectivity index (χ0) is 57.1. The molecule has 2 saturated heterocycles. The van der Waals surface area contributed by atoms with E-state index in [1.807, 2.05) is 158 Å². The van der Waals surface area contributed by atoms with Crippen LogP contribution in [-0.4, -0.2) is 90.1 Å². The molecule has 0 amide bonds. The summed E-state index contributed by atoms with van der Waals surface area (Å²) in [4.78, 5) is 0. The van der Waals surface area contributed by atoms with Crippen LogP contribution in [-0.2, 0) is 91.4 Å². The van der Waals surface area contributed by atoms with E-state index in [-0.39, 0.29) is 57.9 Å². The molecule has 0 spiro atoms. The minimum absolute atomic E-state index is 0.0327. The molecule has 0 N–H and O–H groups in total. The molecule has 0 aromatic heterocycles. The summed E-state index contributed by atoms with van der Waals surface area (Å²) in [5.74, 6) is 0. The summed E-state index contributed by atoms with van der Waals surface area (Å²) in [6.45, 7) is 8.54. The van der Waals surface area contributed by atoms with Crippen LogP contribution >= 0.6 is 0 Å². The minimum Gasteiger partial charge on any atom is -0.405 e. The summed E-state index contributed by atoms with van der Waals surface area (Å²) in [5.41, 5.74) is 5.94. The monoisotopic (exact) mass is 1130 g/mol. The fourth-order valence-electron chi connectivity index (χ4n) is 11.2. The predicted molar refractivity (Wildman–Crippen MR) is 324 cm³/mol. The van der Waals surface area contributed by atoms with Gasteiger partial charge in [-0.3, -0.25) is 0 Å². The zero-order valence-corrected chi connectivity index (χ0v) is 49.0. The Morgan fingerprint density at radius 1 is 0.313 bits per heavy atom. The standard InChI is InChI=1S/C71H78O11Si/c1-71(2,3)83(59-41-25-11-26-42-59,60-43-27-12-28-44-60)80-52-62-64(74-46-54-31-15-6-16-32-54)66(76-48-56-35-19-8-20-36-56)68(78-50-58-39-23-10-24-40-58)70(82-62)79-51-61-63(73-45-53-29-13-5-14-30-53)65(75-47-55-33-17-7-18-34-55)67(69(72-4)81-61)77-49-57-37-21-9-22-38-57/h5-44,61-70H,45-52H2,1-4H3/t61-,62-,63-,64-,65+,66+,67-,68-,69+,70+/m1/s1. The SMILES string of the molecule is CO[C@H]1O[C@H](CO[C@H]2O[C@H](CO[Si](c3ccccc3)(c3ccccc3)C(C)(C)C)[C@@H](OCc3ccccc3)[C@H](OCc3ccccc3)[C@H]2OCc2ccccc2)[C@@H](OCc2ccccc2)[C@H](OCc2ccccc2)[C@H]1OCc1ccccc1. The van der Waals surface area contributed by atoms with E-state index in [0.29, 0.717) is 0 Å². The van der Waals surface area contributed by atoms with Crippen LogP contribution in [0.4, 0.5) is 0 Å². The summed E-state index contributed by atoms with van der Waals surface area (Å²) in [6, 6.07) is 82.0. The van der Waals surface area contributed by atoms with Crippen molar-refractivity contribution in [1.82, 2.24) is 0 Å². The molecule has 0 aliphatic carbocycles. The Kier molecular flexibility index (Phi) is 21.5. The van der Waals surface area contributed by atoms with Gasteiger partial charge < -0.3 is 51.8 Å². The van der Waals surface area contributed by atoms with Gasteiger partial charge in [-0.15, -0.1) is 0 Å². The van der Waals surface area contributed by atoms with Gasteiger partial charge >= 0.3 is 0 Å². The van der Waals surface area contributed by atoms with Crippen LogP contribution in [0.5, 0.6) is 0 Å².